The highest BCUT2D eigenvalue weighted by Crippen LogP contribution is 2.20. The average Bonchev–Trinajstić information content (AvgIpc) is 2.72. The molecule has 18 heavy (non-hydrogen) atoms. The molecule has 0 aliphatic heterocycles. The van der Waals surface area contributed by atoms with E-state index in [-0.39, 0.29) is 0 Å². The maximum Gasteiger partial charge on any atom is 0.167 e. The molecule has 0 aliphatic rings. The minimum Gasteiger partial charge on any atom is -0.329 e. The van der Waals surface area contributed by atoms with Crippen molar-refractivity contribution in [3.63, 3.8) is 0 Å². The van der Waals surface area contributed by atoms with Gasteiger partial charge in [-0.15, -0.1) is 0 Å². The third-order valence-corrected chi connectivity index (χ3v) is 6.16. The quantitative estimate of drug-likeness (QED) is 0.630. The van der Waals surface area contributed by atoms with Crippen LogP contribution in [-0.4, -0.2) is 17.6 Å². The summed E-state index contributed by atoms with van der Waals surface area (Å²) in [6.07, 6.45) is 3.83. The minimum absolute atomic E-state index is 0.983. The lowest BCUT2D eigenvalue weighted by Gasteiger charge is -2.16. The summed E-state index contributed by atoms with van der Waals surface area (Å²) < 4.78 is 2.06. The van der Waals surface area contributed by atoms with Gasteiger partial charge in [0.1, 0.15) is 0 Å². The van der Waals surface area contributed by atoms with Crippen LogP contribution in [0.3, 0.4) is 0 Å². The van der Waals surface area contributed by atoms with Crippen LogP contribution < -0.4 is 5.19 Å². The van der Waals surface area contributed by atoms with E-state index in [0.29, 0.717) is 0 Å². The molecule has 0 aliphatic carbocycles. The molecule has 0 amide bonds. The molecule has 0 fully saturated rings. The highest BCUT2D eigenvalue weighted by Gasteiger charge is 2.15. The highest BCUT2D eigenvalue weighted by atomic mass is 32.2. The third-order valence-electron chi connectivity index (χ3n) is 2.96. The van der Waals surface area contributed by atoms with E-state index in [1.54, 1.807) is 11.8 Å². The van der Waals surface area contributed by atoms with Gasteiger partial charge in [-0.25, -0.2) is 4.98 Å². The topological polar surface area (TPSA) is 17.8 Å². The molecule has 0 spiro atoms. The Labute approximate surface area is 114 Å². The molecule has 0 saturated heterocycles. The second kappa shape index (κ2) is 5.32. The van der Waals surface area contributed by atoms with Gasteiger partial charge in [0.05, 0.1) is 8.07 Å². The summed E-state index contributed by atoms with van der Waals surface area (Å²) in [4.78, 5) is 4.32. The van der Waals surface area contributed by atoms with Gasteiger partial charge in [-0.3, -0.25) is 0 Å². The number of hydrogen-bond donors (Lipinski definition) is 0. The first-order valence-electron chi connectivity index (χ1n) is 6.16. The van der Waals surface area contributed by atoms with Gasteiger partial charge in [-0.1, -0.05) is 60.9 Å². The Bertz CT molecular complexity index is 511. The van der Waals surface area contributed by atoms with Crippen molar-refractivity contribution in [1.29, 1.82) is 0 Å². The molecule has 1 aromatic heterocycles. The second-order valence-electron chi connectivity index (χ2n) is 5.56. The van der Waals surface area contributed by atoms with Gasteiger partial charge in [0.2, 0.25) is 0 Å². The highest BCUT2D eigenvalue weighted by molar-refractivity contribution is 7.98. The molecule has 1 aromatic carbocycles. The molecule has 2 aromatic rings. The maximum absolute atomic E-state index is 4.32. The van der Waals surface area contributed by atoms with Crippen molar-refractivity contribution in [3.8, 4) is 0 Å². The summed E-state index contributed by atoms with van der Waals surface area (Å²) in [5.41, 5.74) is 1.37. The van der Waals surface area contributed by atoms with Gasteiger partial charge in [-0.05, 0) is 5.56 Å². The molecule has 0 bridgehead atoms. The third kappa shape index (κ3) is 3.27. The fraction of sp³-hybridized carbons (Fsp3) is 0.357. The zero-order chi connectivity index (χ0) is 13.2. The average molecular weight is 276 g/mol. The van der Waals surface area contributed by atoms with Gasteiger partial charge in [0.25, 0.3) is 0 Å². The number of thioether (sulfide) groups is 1. The van der Waals surface area contributed by atoms with Gasteiger partial charge in [0, 0.05) is 25.2 Å². The van der Waals surface area contributed by atoms with E-state index in [4.69, 9.17) is 0 Å². The normalized spacial score (nSPS) is 11.8. The summed E-state index contributed by atoms with van der Waals surface area (Å²) in [5, 5.41) is 2.59. The van der Waals surface area contributed by atoms with Crippen LogP contribution in [0.5, 0.6) is 0 Å². The van der Waals surface area contributed by atoms with E-state index in [2.05, 4.69) is 53.5 Å². The van der Waals surface area contributed by atoms with Crippen LogP contribution in [0, 0.1) is 0 Å². The first-order valence-corrected chi connectivity index (χ1v) is 10.6. The van der Waals surface area contributed by atoms with Gasteiger partial charge >= 0.3 is 0 Å². The fourth-order valence-electron chi connectivity index (χ4n) is 1.74. The Morgan fingerprint density at radius 3 is 2.33 bits per heavy atom. The monoisotopic (exact) mass is 276 g/mol. The molecule has 2 rings (SSSR count). The van der Waals surface area contributed by atoms with Gasteiger partial charge in [-0.2, -0.15) is 0 Å². The number of imidazole rings is 1. The molecule has 0 unspecified atom stereocenters. The van der Waals surface area contributed by atoms with Crippen LogP contribution in [0.4, 0.5) is 0 Å². The standard InChI is InChI=1S/C14H20N2SSi/c1-16-10-9-15-14(16)17-11-12-5-7-13(8-6-12)18(2,3)4/h5-10H,11H2,1-4H3. The number of hydrogen-bond acceptors (Lipinski definition) is 2. The number of aryl methyl sites for hydroxylation is 1. The molecule has 2 nitrogen and oxygen atoms in total. The Balaban J connectivity index is 2.01. The van der Waals surface area contributed by atoms with Crippen molar-refractivity contribution >= 4 is 25.0 Å². The summed E-state index contributed by atoms with van der Waals surface area (Å²) in [6.45, 7) is 7.14. The van der Waals surface area contributed by atoms with Crippen molar-refractivity contribution in [2.24, 2.45) is 7.05 Å². The van der Waals surface area contributed by atoms with Crippen LogP contribution in [0.15, 0.2) is 41.8 Å². The summed E-state index contributed by atoms with van der Waals surface area (Å²) in [5.74, 6) is 0.983. The van der Waals surface area contributed by atoms with Crippen LogP contribution in [0.2, 0.25) is 19.6 Å². The number of rotatable bonds is 4. The lowest BCUT2D eigenvalue weighted by atomic mass is 10.2. The second-order valence-corrected chi connectivity index (χ2v) is 11.6. The van der Waals surface area contributed by atoms with E-state index in [0.717, 1.165) is 10.9 Å². The summed E-state index contributed by atoms with van der Waals surface area (Å²) in [7, 11) is 0.867. The van der Waals surface area contributed by atoms with Crippen LogP contribution >= 0.6 is 11.8 Å². The van der Waals surface area contributed by atoms with E-state index in [9.17, 15) is 0 Å². The smallest absolute Gasteiger partial charge is 0.167 e. The van der Waals surface area contributed by atoms with Crippen molar-refractivity contribution < 1.29 is 0 Å². The lowest BCUT2D eigenvalue weighted by molar-refractivity contribution is 0.790. The SMILES string of the molecule is Cn1ccnc1SCc1ccc([Si](C)(C)C)cc1. The van der Waals surface area contributed by atoms with Crippen LogP contribution in [0.1, 0.15) is 5.56 Å². The predicted octanol–water partition coefficient (Wildman–Crippen LogP) is 3.26. The van der Waals surface area contributed by atoms with E-state index < -0.39 is 8.07 Å². The number of benzene rings is 1. The molecule has 1 heterocycles. The Kier molecular flexibility index (Phi) is 3.97. The van der Waals surface area contributed by atoms with Crippen molar-refractivity contribution in [1.82, 2.24) is 9.55 Å². The first-order chi connectivity index (χ1) is 8.47. The van der Waals surface area contributed by atoms with Crippen molar-refractivity contribution in [2.45, 2.75) is 30.6 Å². The van der Waals surface area contributed by atoms with E-state index in [1.165, 1.54) is 10.8 Å². The molecule has 0 saturated carbocycles. The minimum atomic E-state index is -1.16. The maximum atomic E-state index is 4.32. The zero-order valence-corrected chi connectivity index (χ0v) is 13.3. The van der Waals surface area contributed by atoms with Crippen LogP contribution in [-0.2, 0) is 12.8 Å². The molecule has 0 radical (unpaired) electrons. The molecule has 4 heteroatoms. The van der Waals surface area contributed by atoms with Gasteiger partial charge in [0.15, 0.2) is 5.16 Å². The summed E-state index contributed by atoms with van der Waals surface area (Å²) in [6, 6.07) is 9.09. The Morgan fingerprint density at radius 1 is 1.17 bits per heavy atom. The predicted molar refractivity (Wildman–Crippen MR) is 82.2 cm³/mol. The molecular formula is C14H20N2SSi. The molecular weight excluding hydrogens is 256 g/mol. The zero-order valence-electron chi connectivity index (χ0n) is 11.5. The molecule has 0 atom stereocenters. The number of aromatic nitrogens is 2. The lowest BCUT2D eigenvalue weighted by Crippen LogP contribution is -2.37. The first kappa shape index (κ1) is 13.4. The summed E-state index contributed by atoms with van der Waals surface area (Å²) >= 11 is 1.78. The largest absolute Gasteiger partial charge is 0.329 e. The van der Waals surface area contributed by atoms with Crippen LogP contribution in [0.25, 0.3) is 0 Å². The van der Waals surface area contributed by atoms with E-state index >= 15 is 0 Å². The Hall–Kier alpha value is -1.00. The van der Waals surface area contributed by atoms with E-state index in [1.807, 2.05) is 19.4 Å². The van der Waals surface area contributed by atoms with Gasteiger partial charge < -0.3 is 4.57 Å². The van der Waals surface area contributed by atoms with Crippen molar-refractivity contribution in [3.05, 3.63) is 42.2 Å². The Morgan fingerprint density at radius 2 is 1.83 bits per heavy atom. The molecule has 96 valence electrons. The van der Waals surface area contributed by atoms with Crippen molar-refractivity contribution in [2.75, 3.05) is 0 Å². The molecule has 0 N–H and O–H groups in total. The number of nitrogens with zero attached hydrogens (tertiary/aromatic N) is 2. The fourth-order valence-corrected chi connectivity index (χ4v) is 3.79.